The van der Waals surface area contributed by atoms with E-state index >= 15 is 0 Å². The molecule has 1 aliphatic carbocycles. The molecule has 5 heteroatoms. The van der Waals surface area contributed by atoms with E-state index in [0.29, 0.717) is 24.8 Å². The number of aliphatic hydroxyl groups excluding tert-OH is 1. The van der Waals surface area contributed by atoms with Crippen molar-refractivity contribution in [2.45, 2.75) is 71.2 Å². The standard InChI is InChI=1S/C17H28O5/c1-11(2)15(20)22-17(6)8-7-12(21-16(3,4)5)9-13(17)14(19)10-18/h12-13,18H,1,7-10H2,2-6H3. The van der Waals surface area contributed by atoms with E-state index in [1.165, 1.54) is 0 Å². The zero-order valence-corrected chi connectivity index (χ0v) is 14.3. The smallest absolute Gasteiger partial charge is 0.333 e. The summed E-state index contributed by atoms with van der Waals surface area (Å²) in [7, 11) is 0. The van der Waals surface area contributed by atoms with Gasteiger partial charge in [-0.15, -0.1) is 0 Å². The molecule has 3 atom stereocenters. The van der Waals surface area contributed by atoms with Crippen molar-refractivity contribution in [3.8, 4) is 0 Å². The van der Waals surface area contributed by atoms with Gasteiger partial charge < -0.3 is 14.6 Å². The Hall–Kier alpha value is -1.20. The predicted octanol–water partition coefficient (Wildman–Crippen LogP) is 2.41. The van der Waals surface area contributed by atoms with E-state index in [1.54, 1.807) is 13.8 Å². The Morgan fingerprint density at radius 1 is 1.36 bits per heavy atom. The molecule has 0 aromatic rings. The molecule has 0 aromatic heterocycles. The van der Waals surface area contributed by atoms with Gasteiger partial charge in [0.25, 0.3) is 0 Å². The highest BCUT2D eigenvalue weighted by Crippen LogP contribution is 2.40. The first kappa shape index (κ1) is 18.8. The van der Waals surface area contributed by atoms with Crippen molar-refractivity contribution in [1.29, 1.82) is 0 Å². The quantitative estimate of drug-likeness (QED) is 0.623. The summed E-state index contributed by atoms with van der Waals surface area (Å²) in [4.78, 5) is 24.0. The number of hydrogen-bond donors (Lipinski definition) is 1. The molecule has 0 aliphatic heterocycles. The molecular formula is C17H28O5. The molecule has 126 valence electrons. The van der Waals surface area contributed by atoms with Gasteiger partial charge >= 0.3 is 5.97 Å². The summed E-state index contributed by atoms with van der Waals surface area (Å²) in [6.07, 6.45) is 1.57. The molecular weight excluding hydrogens is 284 g/mol. The average molecular weight is 312 g/mol. The van der Waals surface area contributed by atoms with Crippen LogP contribution in [0.1, 0.15) is 53.9 Å². The van der Waals surface area contributed by atoms with Crippen LogP contribution >= 0.6 is 0 Å². The second kappa shape index (κ2) is 6.92. The van der Waals surface area contributed by atoms with Gasteiger partial charge in [-0.05, 0) is 53.9 Å². The maximum Gasteiger partial charge on any atom is 0.333 e. The minimum atomic E-state index is -0.923. The van der Waals surface area contributed by atoms with Gasteiger partial charge in [0, 0.05) is 5.57 Å². The van der Waals surface area contributed by atoms with Gasteiger partial charge in [0.2, 0.25) is 0 Å². The highest BCUT2D eigenvalue weighted by atomic mass is 16.6. The minimum Gasteiger partial charge on any atom is -0.455 e. The fourth-order valence-electron chi connectivity index (χ4n) is 2.86. The number of Topliss-reactive ketones (excluding diaryl/α,β-unsaturated/α-hetero) is 1. The first-order valence-corrected chi connectivity index (χ1v) is 7.69. The molecule has 1 N–H and O–H groups in total. The van der Waals surface area contributed by atoms with Crippen molar-refractivity contribution in [1.82, 2.24) is 0 Å². The zero-order chi connectivity index (χ0) is 17.1. The first-order valence-electron chi connectivity index (χ1n) is 7.69. The van der Waals surface area contributed by atoms with Gasteiger partial charge in [0.05, 0.1) is 17.6 Å². The van der Waals surface area contributed by atoms with Gasteiger partial charge in [0.1, 0.15) is 12.2 Å². The number of carbonyl (C=O) groups is 2. The normalized spacial score (nSPS) is 29.0. The predicted molar refractivity (Wildman–Crippen MR) is 83.4 cm³/mol. The Labute approximate surface area is 132 Å². The van der Waals surface area contributed by atoms with Crippen LogP contribution in [0.4, 0.5) is 0 Å². The summed E-state index contributed by atoms with van der Waals surface area (Å²) in [5.41, 5.74) is -0.933. The number of esters is 1. The highest BCUT2D eigenvalue weighted by molar-refractivity contribution is 5.88. The third kappa shape index (κ3) is 4.92. The molecule has 0 heterocycles. The Balaban J connectivity index is 2.92. The molecule has 0 amide bonds. The van der Waals surface area contributed by atoms with E-state index in [1.807, 2.05) is 20.8 Å². The maximum absolute atomic E-state index is 12.1. The van der Waals surface area contributed by atoms with Crippen molar-refractivity contribution < 1.29 is 24.2 Å². The topological polar surface area (TPSA) is 72.8 Å². The molecule has 0 radical (unpaired) electrons. The van der Waals surface area contributed by atoms with Crippen LogP contribution in [-0.4, -0.2) is 40.8 Å². The summed E-state index contributed by atoms with van der Waals surface area (Å²) < 4.78 is 11.5. The van der Waals surface area contributed by atoms with Crippen LogP contribution in [0, 0.1) is 5.92 Å². The summed E-state index contributed by atoms with van der Waals surface area (Å²) in [6, 6.07) is 0. The Morgan fingerprint density at radius 3 is 2.41 bits per heavy atom. The Bertz CT molecular complexity index is 448. The number of rotatable bonds is 5. The molecule has 1 aliphatic rings. The van der Waals surface area contributed by atoms with Crippen LogP contribution in [0.25, 0.3) is 0 Å². The van der Waals surface area contributed by atoms with Crippen molar-refractivity contribution in [3.63, 3.8) is 0 Å². The van der Waals surface area contributed by atoms with Gasteiger partial charge in [-0.3, -0.25) is 4.79 Å². The molecule has 1 saturated carbocycles. The first-order chi connectivity index (χ1) is 9.98. The Morgan fingerprint density at radius 2 is 1.95 bits per heavy atom. The summed E-state index contributed by atoms with van der Waals surface area (Å²) >= 11 is 0. The summed E-state index contributed by atoms with van der Waals surface area (Å²) in [6.45, 7) is 12.2. The zero-order valence-electron chi connectivity index (χ0n) is 14.3. The molecule has 0 bridgehead atoms. The van der Waals surface area contributed by atoms with E-state index in [4.69, 9.17) is 9.47 Å². The van der Waals surface area contributed by atoms with Crippen LogP contribution < -0.4 is 0 Å². The lowest BCUT2D eigenvalue weighted by Crippen LogP contribution is -2.51. The minimum absolute atomic E-state index is 0.0860. The number of ketones is 1. The fraction of sp³-hybridized carbons (Fsp3) is 0.765. The lowest BCUT2D eigenvalue weighted by Gasteiger charge is -2.44. The number of ether oxygens (including phenoxy) is 2. The second-order valence-electron chi connectivity index (χ2n) is 7.29. The van der Waals surface area contributed by atoms with Crippen molar-refractivity contribution in [2.24, 2.45) is 5.92 Å². The highest BCUT2D eigenvalue weighted by Gasteiger charge is 2.47. The SMILES string of the molecule is C=C(C)C(=O)OC1(C)CCC(OC(C)(C)C)CC1C(=O)CO. The summed E-state index contributed by atoms with van der Waals surface area (Å²) in [5, 5.41) is 9.23. The lowest BCUT2D eigenvalue weighted by molar-refractivity contribution is -0.178. The van der Waals surface area contributed by atoms with Crippen LogP contribution in [0.15, 0.2) is 12.2 Å². The van der Waals surface area contributed by atoms with Crippen LogP contribution in [0.5, 0.6) is 0 Å². The van der Waals surface area contributed by atoms with Crippen LogP contribution in [-0.2, 0) is 19.1 Å². The third-order valence-corrected chi connectivity index (χ3v) is 3.94. The van der Waals surface area contributed by atoms with Crippen molar-refractivity contribution in [2.75, 3.05) is 6.61 Å². The largest absolute Gasteiger partial charge is 0.455 e. The molecule has 1 rings (SSSR count). The third-order valence-electron chi connectivity index (χ3n) is 3.94. The molecule has 0 saturated heterocycles. The van der Waals surface area contributed by atoms with Crippen molar-refractivity contribution >= 4 is 11.8 Å². The van der Waals surface area contributed by atoms with Crippen LogP contribution in [0.3, 0.4) is 0 Å². The molecule has 5 nitrogen and oxygen atoms in total. The number of hydrogen-bond acceptors (Lipinski definition) is 5. The molecule has 22 heavy (non-hydrogen) atoms. The van der Waals surface area contributed by atoms with Crippen LogP contribution in [0.2, 0.25) is 0 Å². The number of carbonyl (C=O) groups excluding carboxylic acids is 2. The fourth-order valence-corrected chi connectivity index (χ4v) is 2.86. The Kier molecular flexibility index (Phi) is 5.93. The molecule has 0 aromatic carbocycles. The van der Waals surface area contributed by atoms with E-state index in [0.717, 1.165) is 0 Å². The van der Waals surface area contributed by atoms with E-state index in [9.17, 15) is 14.7 Å². The average Bonchev–Trinajstić information content (AvgIpc) is 2.38. The van der Waals surface area contributed by atoms with E-state index < -0.39 is 24.1 Å². The van der Waals surface area contributed by atoms with Gasteiger partial charge in [-0.25, -0.2) is 4.79 Å². The van der Waals surface area contributed by atoms with E-state index in [-0.39, 0.29) is 17.5 Å². The molecule has 1 fully saturated rings. The summed E-state index contributed by atoms with van der Waals surface area (Å²) in [5.74, 6) is -1.39. The van der Waals surface area contributed by atoms with Crippen molar-refractivity contribution in [3.05, 3.63) is 12.2 Å². The maximum atomic E-state index is 12.1. The monoisotopic (exact) mass is 312 g/mol. The van der Waals surface area contributed by atoms with Gasteiger partial charge in [0.15, 0.2) is 5.78 Å². The van der Waals surface area contributed by atoms with Gasteiger partial charge in [-0.2, -0.15) is 0 Å². The van der Waals surface area contributed by atoms with Gasteiger partial charge in [-0.1, -0.05) is 6.58 Å². The van der Waals surface area contributed by atoms with E-state index in [2.05, 4.69) is 6.58 Å². The molecule has 3 unspecified atom stereocenters. The lowest BCUT2D eigenvalue weighted by atomic mass is 9.73. The molecule has 0 spiro atoms. The second-order valence-corrected chi connectivity index (χ2v) is 7.29. The number of aliphatic hydroxyl groups is 1.